The molecule has 1 atom stereocenters. The van der Waals surface area contributed by atoms with Crippen molar-refractivity contribution in [2.45, 2.75) is 26.8 Å². The van der Waals surface area contributed by atoms with E-state index in [1.54, 1.807) is 11.3 Å². The van der Waals surface area contributed by atoms with Crippen LogP contribution in [0.4, 0.5) is 5.13 Å². The van der Waals surface area contributed by atoms with Gasteiger partial charge >= 0.3 is 0 Å². The van der Waals surface area contributed by atoms with Crippen molar-refractivity contribution >= 4 is 26.7 Å². The third-order valence-electron chi connectivity index (χ3n) is 2.61. The molecule has 1 aromatic carbocycles. The number of benzene rings is 1. The first-order chi connectivity index (χ1) is 9.22. The van der Waals surface area contributed by atoms with Crippen LogP contribution in [0.15, 0.2) is 18.2 Å². The Kier molecular flexibility index (Phi) is 4.99. The molecule has 0 aliphatic heterocycles. The highest BCUT2D eigenvalue weighted by molar-refractivity contribution is 7.22. The Morgan fingerprint density at radius 3 is 2.89 bits per heavy atom. The predicted molar refractivity (Wildman–Crippen MR) is 80.4 cm³/mol. The van der Waals surface area contributed by atoms with Crippen molar-refractivity contribution in [3.63, 3.8) is 0 Å². The van der Waals surface area contributed by atoms with Crippen LogP contribution in [0.1, 0.15) is 20.8 Å². The Balaban J connectivity index is 2.08. The lowest BCUT2D eigenvalue weighted by molar-refractivity contribution is 0.141. The van der Waals surface area contributed by atoms with E-state index in [1.807, 2.05) is 32.0 Å². The normalized spacial score (nSPS) is 12.6. The molecule has 1 aromatic heterocycles. The number of anilines is 1. The molecule has 0 saturated carbocycles. The summed E-state index contributed by atoms with van der Waals surface area (Å²) in [5.41, 5.74) is 1.000. The van der Waals surface area contributed by atoms with E-state index in [9.17, 15) is 0 Å². The molecular formula is C14H20N2O2S. The summed E-state index contributed by atoms with van der Waals surface area (Å²) in [7, 11) is 0. The maximum atomic E-state index is 5.50. The minimum absolute atomic E-state index is 0.256. The van der Waals surface area contributed by atoms with Crippen LogP contribution in [0.25, 0.3) is 10.2 Å². The molecule has 0 bridgehead atoms. The number of hydrogen-bond acceptors (Lipinski definition) is 5. The van der Waals surface area contributed by atoms with Crippen LogP contribution in [-0.4, -0.2) is 30.8 Å². The number of ether oxygens (including phenoxy) is 2. The van der Waals surface area contributed by atoms with Crippen molar-refractivity contribution in [1.82, 2.24) is 4.98 Å². The van der Waals surface area contributed by atoms with Crippen LogP contribution in [0.5, 0.6) is 5.75 Å². The monoisotopic (exact) mass is 280 g/mol. The third-order valence-corrected chi connectivity index (χ3v) is 3.56. The predicted octanol–water partition coefficient (Wildman–Crippen LogP) is 3.53. The highest BCUT2D eigenvalue weighted by Gasteiger charge is 2.08. The Bertz CT molecular complexity index is 527. The summed E-state index contributed by atoms with van der Waals surface area (Å²) in [4.78, 5) is 4.56. The molecule has 0 aliphatic carbocycles. The molecule has 5 heteroatoms. The summed E-state index contributed by atoms with van der Waals surface area (Å²) in [5.74, 6) is 0.896. The number of nitrogens with zero attached hydrogens (tertiary/aromatic N) is 1. The van der Waals surface area contributed by atoms with Crippen molar-refractivity contribution in [3.8, 4) is 5.75 Å². The second kappa shape index (κ2) is 6.73. The molecule has 0 spiro atoms. The Morgan fingerprint density at radius 2 is 2.16 bits per heavy atom. The van der Waals surface area contributed by atoms with Gasteiger partial charge in [-0.3, -0.25) is 0 Å². The Labute approximate surface area is 117 Å². The smallest absolute Gasteiger partial charge is 0.184 e. The van der Waals surface area contributed by atoms with Gasteiger partial charge in [0, 0.05) is 12.6 Å². The van der Waals surface area contributed by atoms with Crippen LogP contribution >= 0.6 is 11.3 Å². The summed E-state index contributed by atoms with van der Waals surface area (Å²) in [5, 5.41) is 4.29. The van der Waals surface area contributed by atoms with Crippen molar-refractivity contribution in [1.29, 1.82) is 0 Å². The Hall–Kier alpha value is -1.33. The lowest BCUT2D eigenvalue weighted by Crippen LogP contribution is -2.21. The van der Waals surface area contributed by atoms with Gasteiger partial charge in [0.05, 0.1) is 23.4 Å². The van der Waals surface area contributed by atoms with Crippen molar-refractivity contribution < 1.29 is 9.47 Å². The molecule has 2 rings (SSSR count). The first kappa shape index (κ1) is 14.1. The highest BCUT2D eigenvalue weighted by atomic mass is 32.1. The summed E-state index contributed by atoms with van der Waals surface area (Å²) >= 11 is 1.64. The standard InChI is InChI=1S/C14H20N2O2S/c1-4-17-9-10(3)15-14-16-12-7-6-11(18-5-2)8-13(12)19-14/h6-8,10H,4-5,9H2,1-3H3,(H,15,16). The average molecular weight is 280 g/mol. The fraction of sp³-hybridized carbons (Fsp3) is 0.500. The van der Waals surface area contributed by atoms with Gasteiger partial charge in [-0.05, 0) is 39.0 Å². The van der Waals surface area contributed by atoms with Crippen LogP contribution < -0.4 is 10.1 Å². The quantitative estimate of drug-likeness (QED) is 0.842. The fourth-order valence-corrected chi connectivity index (χ4v) is 2.78. The van der Waals surface area contributed by atoms with Gasteiger partial charge in [0.2, 0.25) is 0 Å². The number of thiazole rings is 1. The lowest BCUT2D eigenvalue weighted by atomic mass is 10.3. The fourth-order valence-electron chi connectivity index (χ4n) is 1.77. The van der Waals surface area contributed by atoms with Gasteiger partial charge in [0.25, 0.3) is 0 Å². The molecule has 0 aliphatic rings. The lowest BCUT2D eigenvalue weighted by Gasteiger charge is -2.11. The van der Waals surface area contributed by atoms with E-state index in [2.05, 4.69) is 17.2 Å². The average Bonchev–Trinajstić information content (AvgIpc) is 2.78. The number of aromatic nitrogens is 1. The first-order valence-corrected chi connectivity index (χ1v) is 7.42. The van der Waals surface area contributed by atoms with E-state index in [1.165, 1.54) is 0 Å². The molecule has 104 valence electrons. The highest BCUT2D eigenvalue weighted by Crippen LogP contribution is 2.29. The van der Waals surface area contributed by atoms with Crippen LogP contribution in [-0.2, 0) is 4.74 Å². The topological polar surface area (TPSA) is 43.4 Å². The van der Waals surface area contributed by atoms with Crippen molar-refractivity contribution in [2.24, 2.45) is 0 Å². The van der Waals surface area contributed by atoms with Gasteiger partial charge in [0.1, 0.15) is 5.75 Å². The summed E-state index contributed by atoms with van der Waals surface area (Å²) in [6, 6.07) is 6.25. The van der Waals surface area contributed by atoms with Crippen LogP contribution in [0.2, 0.25) is 0 Å². The molecule has 4 nitrogen and oxygen atoms in total. The van der Waals surface area contributed by atoms with Gasteiger partial charge in [-0.1, -0.05) is 11.3 Å². The second-order valence-electron chi connectivity index (χ2n) is 4.29. The summed E-state index contributed by atoms with van der Waals surface area (Å²) in [6.07, 6.45) is 0. The Morgan fingerprint density at radius 1 is 1.32 bits per heavy atom. The van der Waals surface area contributed by atoms with Crippen molar-refractivity contribution in [3.05, 3.63) is 18.2 Å². The number of rotatable bonds is 7. The third kappa shape index (κ3) is 3.81. The molecule has 1 N–H and O–H groups in total. The first-order valence-electron chi connectivity index (χ1n) is 6.60. The van der Waals surface area contributed by atoms with E-state index in [0.717, 1.165) is 27.7 Å². The molecule has 2 aromatic rings. The van der Waals surface area contributed by atoms with E-state index in [-0.39, 0.29) is 6.04 Å². The zero-order valence-electron chi connectivity index (χ0n) is 11.6. The molecule has 0 fully saturated rings. The minimum atomic E-state index is 0.256. The van der Waals surface area contributed by atoms with Gasteiger partial charge in [-0.15, -0.1) is 0 Å². The molecule has 0 saturated heterocycles. The molecule has 1 unspecified atom stereocenters. The zero-order chi connectivity index (χ0) is 13.7. The summed E-state index contributed by atoms with van der Waals surface area (Å²) in [6.45, 7) is 8.19. The number of fused-ring (bicyclic) bond motifs is 1. The van der Waals surface area contributed by atoms with E-state index >= 15 is 0 Å². The van der Waals surface area contributed by atoms with E-state index in [4.69, 9.17) is 9.47 Å². The maximum Gasteiger partial charge on any atom is 0.184 e. The molecule has 19 heavy (non-hydrogen) atoms. The molecule has 0 radical (unpaired) electrons. The molecule has 1 heterocycles. The largest absolute Gasteiger partial charge is 0.494 e. The van der Waals surface area contributed by atoms with Gasteiger partial charge in [0.15, 0.2) is 5.13 Å². The van der Waals surface area contributed by atoms with Crippen LogP contribution in [0.3, 0.4) is 0 Å². The van der Waals surface area contributed by atoms with Gasteiger partial charge in [-0.25, -0.2) is 4.98 Å². The second-order valence-corrected chi connectivity index (χ2v) is 5.32. The van der Waals surface area contributed by atoms with E-state index in [0.29, 0.717) is 13.2 Å². The van der Waals surface area contributed by atoms with Gasteiger partial charge in [-0.2, -0.15) is 0 Å². The molecular weight excluding hydrogens is 260 g/mol. The number of nitrogens with one attached hydrogen (secondary N) is 1. The zero-order valence-corrected chi connectivity index (χ0v) is 12.4. The van der Waals surface area contributed by atoms with E-state index < -0.39 is 0 Å². The molecule has 0 amide bonds. The SMILES string of the molecule is CCOCC(C)Nc1nc2ccc(OCC)cc2s1. The minimum Gasteiger partial charge on any atom is -0.494 e. The number of hydrogen-bond donors (Lipinski definition) is 1. The van der Waals surface area contributed by atoms with Crippen molar-refractivity contribution in [2.75, 3.05) is 25.1 Å². The van der Waals surface area contributed by atoms with Gasteiger partial charge < -0.3 is 14.8 Å². The maximum absolute atomic E-state index is 5.50. The van der Waals surface area contributed by atoms with Crippen LogP contribution in [0, 0.1) is 0 Å². The summed E-state index contributed by atoms with van der Waals surface area (Å²) < 4.78 is 12.0.